The van der Waals surface area contributed by atoms with E-state index in [1.54, 1.807) is 18.5 Å². The zero-order chi connectivity index (χ0) is 13.1. The van der Waals surface area contributed by atoms with Crippen LogP contribution in [0.2, 0.25) is 0 Å². The van der Waals surface area contributed by atoms with Crippen LogP contribution in [0.4, 0.5) is 0 Å². The number of fused-ring (bicyclic) bond motifs is 1. The molecule has 0 N–H and O–H groups in total. The minimum Gasteiger partial charge on any atom is -0.439 e. The van der Waals surface area contributed by atoms with Gasteiger partial charge < -0.3 is 4.74 Å². The molecular formula is C15H11N3O. The van der Waals surface area contributed by atoms with Gasteiger partial charge in [-0.1, -0.05) is 18.7 Å². The summed E-state index contributed by atoms with van der Waals surface area (Å²) in [6.45, 7) is 3.87. The Morgan fingerprint density at radius 1 is 1.37 bits per heavy atom. The fourth-order valence-corrected chi connectivity index (χ4v) is 1.85. The van der Waals surface area contributed by atoms with Crippen molar-refractivity contribution in [2.24, 2.45) is 9.98 Å². The van der Waals surface area contributed by atoms with Gasteiger partial charge in [0.25, 0.3) is 0 Å². The molecule has 0 saturated heterocycles. The quantitative estimate of drug-likeness (QED) is 0.690. The molecule has 2 aliphatic rings. The van der Waals surface area contributed by atoms with Gasteiger partial charge in [0.05, 0.1) is 11.5 Å². The number of pyridine rings is 1. The zero-order valence-corrected chi connectivity index (χ0v) is 10.2. The largest absolute Gasteiger partial charge is 0.439 e. The van der Waals surface area contributed by atoms with Crippen LogP contribution in [-0.4, -0.2) is 17.1 Å². The molecule has 0 fully saturated rings. The lowest BCUT2D eigenvalue weighted by Gasteiger charge is -2.06. The molecule has 0 amide bonds. The summed E-state index contributed by atoms with van der Waals surface area (Å²) >= 11 is 0. The van der Waals surface area contributed by atoms with Gasteiger partial charge in [0.2, 0.25) is 5.88 Å². The second-order valence-electron chi connectivity index (χ2n) is 4.08. The van der Waals surface area contributed by atoms with Gasteiger partial charge in [-0.15, -0.1) is 0 Å². The van der Waals surface area contributed by atoms with Gasteiger partial charge in [0.15, 0.2) is 0 Å². The van der Waals surface area contributed by atoms with Crippen molar-refractivity contribution < 1.29 is 4.74 Å². The highest BCUT2D eigenvalue weighted by molar-refractivity contribution is 5.83. The molecule has 0 unspecified atom stereocenters. The number of allylic oxidation sites excluding steroid dienone is 2. The van der Waals surface area contributed by atoms with E-state index < -0.39 is 0 Å². The van der Waals surface area contributed by atoms with Gasteiger partial charge in [0.1, 0.15) is 5.76 Å². The van der Waals surface area contributed by atoms with Gasteiger partial charge in [-0.2, -0.15) is 4.99 Å². The summed E-state index contributed by atoms with van der Waals surface area (Å²) in [5.41, 5.74) is 0.882. The number of hydrogen-bond donors (Lipinski definition) is 0. The van der Waals surface area contributed by atoms with Crippen LogP contribution in [0.25, 0.3) is 12.2 Å². The van der Waals surface area contributed by atoms with Crippen molar-refractivity contribution in [1.82, 2.24) is 4.98 Å². The van der Waals surface area contributed by atoms with E-state index >= 15 is 0 Å². The Bertz CT molecular complexity index is 778. The molecule has 0 bridgehead atoms. The molecule has 0 spiro atoms. The van der Waals surface area contributed by atoms with E-state index in [0.29, 0.717) is 18.1 Å². The van der Waals surface area contributed by atoms with Gasteiger partial charge in [0, 0.05) is 29.9 Å². The maximum absolute atomic E-state index is 5.64. The van der Waals surface area contributed by atoms with E-state index in [1.807, 2.05) is 12.1 Å². The SMILES string of the molecule is C=C1/C=c2/nccc/c2=C/CC2=C(N=C=CN=C2)O1. The molecule has 0 aliphatic carbocycles. The second kappa shape index (κ2) is 4.88. The first-order valence-electron chi connectivity index (χ1n) is 5.87. The Balaban J connectivity index is 2.18. The lowest BCUT2D eigenvalue weighted by Crippen LogP contribution is -2.27. The molecule has 4 nitrogen and oxygen atoms in total. The summed E-state index contributed by atoms with van der Waals surface area (Å²) in [6.07, 6.45) is 9.51. The average Bonchev–Trinajstić information content (AvgIpc) is 2.59. The third-order valence-corrected chi connectivity index (χ3v) is 2.74. The predicted molar refractivity (Wildman–Crippen MR) is 74.8 cm³/mol. The van der Waals surface area contributed by atoms with Crippen LogP contribution >= 0.6 is 0 Å². The normalized spacial score (nSPS) is 20.5. The molecule has 92 valence electrons. The molecule has 0 aromatic carbocycles. The van der Waals surface area contributed by atoms with Crippen molar-refractivity contribution in [2.45, 2.75) is 6.42 Å². The number of aliphatic imine (C=N–C) groups is 2. The molecule has 0 saturated carbocycles. The van der Waals surface area contributed by atoms with Crippen LogP contribution in [0.1, 0.15) is 6.42 Å². The van der Waals surface area contributed by atoms with Crippen LogP contribution in [0.3, 0.4) is 0 Å². The van der Waals surface area contributed by atoms with Gasteiger partial charge in [-0.3, -0.25) is 9.98 Å². The van der Waals surface area contributed by atoms with Gasteiger partial charge in [-0.25, -0.2) is 0 Å². The highest BCUT2D eigenvalue weighted by atomic mass is 16.5. The highest BCUT2D eigenvalue weighted by Crippen LogP contribution is 2.16. The number of rotatable bonds is 0. The van der Waals surface area contributed by atoms with Crippen LogP contribution in [-0.2, 0) is 4.74 Å². The first-order chi connectivity index (χ1) is 9.33. The molecule has 4 heteroatoms. The lowest BCUT2D eigenvalue weighted by molar-refractivity contribution is 0.322. The number of ether oxygens (including phenoxy) is 1. The minimum absolute atomic E-state index is 0.475. The zero-order valence-electron chi connectivity index (χ0n) is 10.2. The molecular weight excluding hydrogens is 238 g/mol. The summed E-state index contributed by atoms with van der Waals surface area (Å²) < 4.78 is 5.64. The fraction of sp³-hybridized carbons (Fsp3) is 0.0667. The Kier molecular flexibility index (Phi) is 2.93. The third-order valence-electron chi connectivity index (χ3n) is 2.74. The van der Waals surface area contributed by atoms with Gasteiger partial charge >= 0.3 is 0 Å². The van der Waals surface area contributed by atoms with Crippen LogP contribution in [0, 0.1) is 0 Å². The molecule has 1 aromatic heterocycles. The molecule has 19 heavy (non-hydrogen) atoms. The Hall–Kier alpha value is -2.71. The molecule has 0 atom stereocenters. The number of aromatic nitrogens is 1. The van der Waals surface area contributed by atoms with E-state index in [2.05, 4.69) is 33.5 Å². The molecule has 2 aliphatic heterocycles. The second-order valence-corrected chi connectivity index (χ2v) is 4.08. The molecule has 1 aromatic rings. The lowest BCUT2D eigenvalue weighted by atomic mass is 10.2. The number of hydrogen-bond acceptors (Lipinski definition) is 4. The molecule has 0 radical (unpaired) electrons. The molecule has 3 heterocycles. The monoisotopic (exact) mass is 249 g/mol. The highest BCUT2D eigenvalue weighted by Gasteiger charge is 2.09. The smallest absolute Gasteiger partial charge is 0.232 e. The molecule has 3 rings (SSSR count). The third kappa shape index (κ3) is 2.44. The van der Waals surface area contributed by atoms with Crippen molar-refractivity contribution in [3.63, 3.8) is 0 Å². The topological polar surface area (TPSA) is 46.8 Å². The Morgan fingerprint density at radius 2 is 2.32 bits per heavy atom. The summed E-state index contributed by atoms with van der Waals surface area (Å²) in [4.78, 5) is 12.5. The summed E-state index contributed by atoms with van der Waals surface area (Å²) in [5.74, 6) is 3.66. The van der Waals surface area contributed by atoms with Crippen molar-refractivity contribution >= 4 is 24.2 Å². The van der Waals surface area contributed by atoms with Crippen LogP contribution in [0.5, 0.6) is 0 Å². The van der Waals surface area contributed by atoms with Crippen molar-refractivity contribution in [1.29, 1.82) is 0 Å². The van der Waals surface area contributed by atoms with E-state index in [0.717, 1.165) is 16.1 Å². The van der Waals surface area contributed by atoms with Crippen molar-refractivity contribution in [2.75, 3.05) is 0 Å². The Morgan fingerprint density at radius 3 is 3.26 bits per heavy atom. The standard InChI is InChI=1S/C15H11N3O/c1-11-9-14-12(3-2-6-17-14)4-5-13-10-16-7-8-18-15(13)19-11/h2-4,6-7,9-10H,1,5H2/b12-4-,14-9+. The van der Waals surface area contributed by atoms with Gasteiger partial charge in [-0.05, 0) is 17.7 Å². The fourth-order valence-electron chi connectivity index (χ4n) is 1.85. The number of nitrogens with zero attached hydrogens (tertiary/aromatic N) is 3. The van der Waals surface area contributed by atoms with E-state index in [-0.39, 0.29) is 0 Å². The first-order valence-corrected chi connectivity index (χ1v) is 5.87. The van der Waals surface area contributed by atoms with E-state index in [9.17, 15) is 0 Å². The van der Waals surface area contributed by atoms with Crippen LogP contribution in [0.15, 0.2) is 58.3 Å². The predicted octanol–water partition coefficient (Wildman–Crippen LogP) is 1.06. The maximum Gasteiger partial charge on any atom is 0.232 e. The van der Waals surface area contributed by atoms with E-state index in [4.69, 9.17) is 4.74 Å². The maximum atomic E-state index is 5.64. The first kappa shape index (κ1) is 11.4. The summed E-state index contributed by atoms with van der Waals surface area (Å²) in [5, 5.41) is 1.87. The summed E-state index contributed by atoms with van der Waals surface area (Å²) in [7, 11) is 0. The van der Waals surface area contributed by atoms with Crippen molar-refractivity contribution in [3.8, 4) is 0 Å². The minimum atomic E-state index is 0.475. The van der Waals surface area contributed by atoms with E-state index in [1.165, 1.54) is 6.20 Å². The summed E-state index contributed by atoms with van der Waals surface area (Å²) in [6, 6.07) is 3.91. The average molecular weight is 249 g/mol. The Labute approximate surface area is 110 Å². The van der Waals surface area contributed by atoms with Crippen molar-refractivity contribution in [3.05, 3.63) is 58.9 Å². The van der Waals surface area contributed by atoms with Crippen LogP contribution < -0.4 is 10.6 Å².